The van der Waals surface area contributed by atoms with Crippen LogP contribution in [0.1, 0.15) is 40.2 Å². The maximum Gasteiger partial charge on any atom is 0.340 e. The molecule has 1 aromatic heterocycles. The summed E-state index contributed by atoms with van der Waals surface area (Å²) in [5, 5.41) is 6.42. The summed E-state index contributed by atoms with van der Waals surface area (Å²) in [6.45, 7) is 2.53. The number of carbonyl (C=O) groups is 1. The molecule has 2 aliphatic rings. The van der Waals surface area contributed by atoms with Gasteiger partial charge in [0.15, 0.2) is 0 Å². The first-order chi connectivity index (χ1) is 17.1. The Bertz CT molecular complexity index is 1170. The van der Waals surface area contributed by atoms with Gasteiger partial charge in [-0.05, 0) is 54.7 Å². The SMILES string of the molecule is Brc1ccc2c(c1)OCC[C@@H]2CNc1ccc2c(c1)OCCC2.CNc1cnccc1C(=O)OC. The van der Waals surface area contributed by atoms with Gasteiger partial charge in [0.25, 0.3) is 0 Å². The zero-order valence-corrected chi connectivity index (χ0v) is 21.6. The highest BCUT2D eigenvalue weighted by atomic mass is 79.9. The first-order valence-electron chi connectivity index (χ1n) is 11.7. The van der Waals surface area contributed by atoms with Crippen molar-refractivity contribution in [3.05, 3.63) is 76.0 Å². The van der Waals surface area contributed by atoms with E-state index in [0.717, 1.165) is 60.7 Å². The molecule has 2 aliphatic heterocycles. The second-order valence-corrected chi connectivity index (χ2v) is 9.25. The van der Waals surface area contributed by atoms with Crippen LogP contribution in [0.15, 0.2) is 59.3 Å². The molecule has 0 bridgehead atoms. The van der Waals surface area contributed by atoms with E-state index in [-0.39, 0.29) is 5.97 Å². The number of esters is 1. The molecule has 35 heavy (non-hydrogen) atoms. The predicted octanol–water partition coefficient (Wildman–Crippen LogP) is 5.66. The fourth-order valence-electron chi connectivity index (χ4n) is 4.22. The van der Waals surface area contributed by atoms with Crippen molar-refractivity contribution >= 4 is 33.3 Å². The minimum absolute atomic E-state index is 0.359. The van der Waals surface area contributed by atoms with Crippen LogP contribution in [0.25, 0.3) is 0 Å². The lowest BCUT2D eigenvalue weighted by atomic mass is 9.93. The number of aromatic nitrogens is 1. The van der Waals surface area contributed by atoms with Gasteiger partial charge in [-0.2, -0.15) is 0 Å². The Balaban J connectivity index is 0.000000204. The average Bonchev–Trinajstić information content (AvgIpc) is 2.91. The van der Waals surface area contributed by atoms with Gasteiger partial charge >= 0.3 is 5.97 Å². The highest BCUT2D eigenvalue weighted by Crippen LogP contribution is 2.36. The van der Waals surface area contributed by atoms with Gasteiger partial charge in [-0.1, -0.05) is 28.1 Å². The summed E-state index contributed by atoms with van der Waals surface area (Å²) < 4.78 is 17.2. The van der Waals surface area contributed by atoms with Gasteiger partial charge in [-0.15, -0.1) is 0 Å². The Kier molecular flexibility index (Phi) is 8.47. The monoisotopic (exact) mass is 539 g/mol. The summed E-state index contributed by atoms with van der Waals surface area (Å²) in [4.78, 5) is 15.0. The van der Waals surface area contributed by atoms with Gasteiger partial charge in [0.1, 0.15) is 11.5 Å². The Morgan fingerprint density at radius 2 is 2.00 bits per heavy atom. The third kappa shape index (κ3) is 6.25. The number of nitrogens with one attached hydrogen (secondary N) is 2. The average molecular weight is 540 g/mol. The van der Waals surface area contributed by atoms with E-state index in [0.29, 0.717) is 17.2 Å². The van der Waals surface area contributed by atoms with E-state index in [1.54, 1.807) is 25.5 Å². The number of halogens is 1. The lowest BCUT2D eigenvalue weighted by Crippen LogP contribution is -2.21. The highest BCUT2D eigenvalue weighted by molar-refractivity contribution is 9.10. The second-order valence-electron chi connectivity index (χ2n) is 8.33. The summed E-state index contributed by atoms with van der Waals surface area (Å²) >= 11 is 3.51. The molecule has 0 radical (unpaired) electrons. The summed E-state index contributed by atoms with van der Waals surface area (Å²) in [6.07, 6.45) is 6.41. The molecule has 0 saturated heterocycles. The van der Waals surface area contributed by atoms with E-state index in [9.17, 15) is 4.79 Å². The van der Waals surface area contributed by atoms with Crippen LogP contribution in [0.3, 0.4) is 0 Å². The number of rotatable bonds is 5. The normalized spacial score (nSPS) is 15.7. The third-order valence-corrected chi connectivity index (χ3v) is 6.60. The largest absolute Gasteiger partial charge is 0.493 e. The van der Waals surface area contributed by atoms with Crippen LogP contribution in [0.4, 0.5) is 11.4 Å². The molecule has 0 aliphatic carbocycles. The molecule has 184 valence electrons. The summed E-state index contributed by atoms with van der Waals surface area (Å²) in [6, 6.07) is 14.4. The van der Waals surface area contributed by atoms with Crippen LogP contribution in [-0.4, -0.2) is 44.9 Å². The van der Waals surface area contributed by atoms with Gasteiger partial charge in [0, 0.05) is 41.9 Å². The van der Waals surface area contributed by atoms with E-state index < -0.39 is 0 Å². The number of anilines is 2. The molecule has 3 heterocycles. The lowest BCUT2D eigenvalue weighted by Gasteiger charge is -2.27. The smallest absolute Gasteiger partial charge is 0.340 e. The quantitative estimate of drug-likeness (QED) is 0.404. The minimum atomic E-state index is -0.359. The van der Waals surface area contributed by atoms with Crippen molar-refractivity contribution in [3.8, 4) is 11.5 Å². The Morgan fingerprint density at radius 1 is 1.14 bits per heavy atom. The number of methoxy groups -OCH3 is 1. The van der Waals surface area contributed by atoms with Crippen LogP contribution in [-0.2, 0) is 11.2 Å². The molecule has 8 heteroatoms. The fraction of sp³-hybridized carbons (Fsp3) is 0.333. The number of benzene rings is 2. The number of ether oxygens (including phenoxy) is 3. The van der Waals surface area contributed by atoms with Gasteiger partial charge in [-0.25, -0.2) is 4.79 Å². The molecule has 3 aromatic rings. The molecule has 2 N–H and O–H groups in total. The molecule has 0 spiro atoms. The molecule has 7 nitrogen and oxygen atoms in total. The van der Waals surface area contributed by atoms with Gasteiger partial charge in [0.05, 0.1) is 37.8 Å². The zero-order valence-electron chi connectivity index (χ0n) is 20.0. The lowest BCUT2D eigenvalue weighted by molar-refractivity contribution is 0.0601. The number of hydrogen-bond donors (Lipinski definition) is 2. The van der Waals surface area contributed by atoms with Crippen LogP contribution in [0.5, 0.6) is 11.5 Å². The highest BCUT2D eigenvalue weighted by Gasteiger charge is 2.21. The first-order valence-corrected chi connectivity index (χ1v) is 12.5. The van der Waals surface area contributed by atoms with E-state index in [4.69, 9.17) is 9.47 Å². The third-order valence-electron chi connectivity index (χ3n) is 6.10. The number of nitrogens with zero attached hydrogens (tertiary/aromatic N) is 1. The van der Waals surface area contributed by atoms with Gasteiger partial charge < -0.3 is 24.8 Å². The molecular formula is C27H30BrN3O4. The van der Waals surface area contributed by atoms with Crippen LogP contribution in [0, 0.1) is 0 Å². The molecule has 1 atom stereocenters. The zero-order chi connectivity index (χ0) is 24.6. The molecule has 0 unspecified atom stereocenters. The van der Waals surface area contributed by atoms with E-state index in [1.807, 2.05) is 0 Å². The topological polar surface area (TPSA) is 81.7 Å². The van der Waals surface area contributed by atoms with E-state index >= 15 is 0 Å². The Hall–Kier alpha value is -3.26. The number of pyridine rings is 1. The standard InChI is InChI=1S/C19H20BrNO2.C8H10N2O2/c20-15-4-6-17-14(7-9-23-19(17)10-15)12-21-16-5-3-13-2-1-8-22-18(13)11-16;1-9-7-5-10-4-3-6(7)8(11)12-2/h3-6,10-11,14,21H,1-2,7-9,12H2;3-5,9H,1-2H3/t14-;/m1./s1. The van der Waals surface area contributed by atoms with Crippen molar-refractivity contribution in [1.82, 2.24) is 4.98 Å². The second kappa shape index (κ2) is 11.9. The van der Waals surface area contributed by atoms with E-state index in [1.165, 1.54) is 18.2 Å². The van der Waals surface area contributed by atoms with Crippen molar-refractivity contribution in [1.29, 1.82) is 0 Å². The van der Waals surface area contributed by atoms with Crippen molar-refractivity contribution in [2.45, 2.75) is 25.2 Å². The Morgan fingerprint density at radius 3 is 2.83 bits per heavy atom. The molecule has 0 amide bonds. The minimum Gasteiger partial charge on any atom is -0.493 e. The van der Waals surface area contributed by atoms with Crippen LogP contribution in [0.2, 0.25) is 0 Å². The summed E-state index contributed by atoms with van der Waals surface area (Å²) in [7, 11) is 3.08. The molecular weight excluding hydrogens is 510 g/mol. The number of hydrogen-bond acceptors (Lipinski definition) is 7. The molecule has 5 rings (SSSR count). The summed E-state index contributed by atoms with van der Waals surface area (Å²) in [5.41, 5.74) is 4.92. The van der Waals surface area contributed by atoms with Crippen LogP contribution < -0.4 is 20.1 Å². The number of aryl methyl sites for hydroxylation is 1. The Labute approximate surface area is 214 Å². The molecule has 0 saturated carbocycles. The van der Waals surface area contributed by atoms with Crippen molar-refractivity contribution in [2.75, 3.05) is 44.5 Å². The maximum atomic E-state index is 11.1. The van der Waals surface area contributed by atoms with Crippen molar-refractivity contribution < 1.29 is 19.0 Å². The number of fused-ring (bicyclic) bond motifs is 2. The number of carbonyl (C=O) groups excluding carboxylic acids is 1. The van der Waals surface area contributed by atoms with Crippen LogP contribution >= 0.6 is 15.9 Å². The molecule has 2 aromatic carbocycles. The van der Waals surface area contributed by atoms with Gasteiger partial charge in [0.2, 0.25) is 0 Å². The predicted molar refractivity (Wildman–Crippen MR) is 141 cm³/mol. The first kappa shape index (κ1) is 24.9. The van der Waals surface area contributed by atoms with Gasteiger partial charge in [-0.3, -0.25) is 4.98 Å². The van der Waals surface area contributed by atoms with E-state index in [2.05, 4.69) is 72.7 Å². The molecule has 0 fully saturated rings. The maximum absolute atomic E-state index is 11.1. The van der Waals surface area contributed by atoms with Crippen molar-refractivity contribution in [2.24, 2.45) is 0 Å². The fourth-order valence-corrected chi connectivity index (χ4v) is 4.56. The summed E-state index contributed by atoms with van der Waals surface area (Å²) in [5.74, 6) is 2.16. The van der Waals surface area contributed by atoms with Crippen molar-refractivity contribution in [3.63, 3.8) is 0 Å².